The van der Waals surface area contributed by atoms with Gasteiger partial charge in [-0.3, -0.25) is 9.59 Å². The van der Waals surface area contributed by atoms with Crippen LogP contribution in [0.3, 0.4) is 0 Å². The summed E-state index contributed by atoms with van der Waals surface area (Å²) in [5.41, 5.74) is 1.06. The zero-order chi connectivity index (χ0) is 18.2. The van der Waals surface area contributed by atoms with Crippen LogP contribution in [0.25, 0.3) is 0 Å². The van der Waals surface area contributed by atoms with Crippen molar-refractivity contribution in [1.82, 2.24) is 15.2 Å². The van der Waals surface area contributed by atoms with E-state index in [0.29, 0.717) is 30.9 Å². The molecule has 2 amide bonds. The fourth-order valence-corrected chi connectivity index (χ4v) is 3.49. The third kappa shape index (κ3) is 5.64. The average molecular weight is 424 g/mol. The minimum absolute atomic E-state index is 0.0321. The topological polar surface area (TPSA) is 62.3 Å². The number of carbonyl (C=O) groups is 2. The van der Waals surface area contributed by atoms with Gasteiger partial charge >= 0.3 is 0 Å². The quantitative estimate of drug-likeness (QED) is 0.694. The van der Waals surface area contributed by atoms with Crippen LogP contribution in [0.15, 0.2) is 34.1 Å². The first-order chi connectivity index (χ1) is 12.0. The van der Waals surface area contributed by atoms with Gasteiger partial charge < -0.3 is 10.2 Å². The Morgan fingerprint density at radius 3 is 2.76 bits per heavy atom. The van der Waals surface area contributed by atoms with E-state index in [1.54, 1.807) is 16.3 Å². The first kappa shape index (κ1) is 19.6. The molecule has 0 aliphatic rings. The van der Waals surface area contributed by atoms with Crippen LogP contribution in [0, 0.1) is 0 Å². The number of thiazole rings is 1. The van der Waals surface area contributed by atoms with Gasteiger partial charge in [-0.05, 0) is 31.0 Å². The Balaban J connectivity index is 2.10. The van der Waals surface area contributed by atoms with E-state index in [9.17, 15) is 9.59 Å². The van der Waals surface area contributed by atoms with Crippen molar-refractivity contribution in [2.45, 2.75) is 33.2 Å². The Morgan fingerprint density at radius 1 is 1.28 bits per heavy atom. The molecule has 1 N–H and O–H groups in total. The van der Waals surface area contributed by atoms with Crippen molar-refractivity contribution in [3.05, 3.63) is 50.4 Å². The Kier molecular flexibility index (Phi) is 7.58. The zero-order valence-electron chi connectivity index (χ0n) is 14.4. The molecule has 0 radical (unpaired) electrons. The van der Waals surface area contributed by atoms with Crippen molar-refractivity contribution in [2.24, 2.45) is 0 Å². The number of nitrogens with one attached hydrogen (secondary N) is 1. The van der Waals surface area contributed by atoms with Crippen LogP contribution in [-0.4, -0.2) is 34.8 Å². The lowest BCUT2D eigenvalue weighted by Gasteiger charge is -2.21. The Labute approximate surface area is 160 Å². The molecule has 134 valence electrons. The minimum Gasteiger partial charge on any atom is -0.351 e. The highest BCUT2D eigenvalue weighted by Gasteiger charge is 2.18. The highest BCUT2D eigenvalue weighted by molar-refractivity contribution is 9.10. The first-order valence-corrected chi connectivity index (χ1v) is 9.99. The molecule has 2 aromatic rings. The van der Waals surface area contributed by atoms with Crippen molar-refractivity contribution in [1.29, 1.82) is 0 Å². The molecule has 0 aliphatic heterocycles. The van der Waals surface area contributed by atoms with E-state index in [1.807, 2.05) is 32.0 Å². The van der Waals surface area contributed by atoms with Gasteiger partial charge in [-0.2, -0.15) is 0 Å². The maximum atomic E-state index is 12.8. The van der Waals surface area contributed by atoms with Crippen molar-refractivity contribution in [3.8, 4) is 0 Å². The summed E-state index contributed by atoms with van der Waals surface area (Å²) in [6, 6.07) is 7.36. The Morgan fingerprint density at radius 2 is 2.08 bits per heavy atom. The fraction of sp³-hybridized carbons (Fsp3) is 0.389. The van der Waals surface area contributed by atoms with E-state index in [2.05, 4.69) is 26.2 Å². The first-order valence-electron chi connectivity index (χ1n) is 8.32. The van der Waals surface area contributed by atoms with Crippen LogP contribution < -0.4 is 5.32 Å². The number of rotatable bonds is 8. The molecule has 0 atom stereocenters. The highest BCUT2D eigenvalue weighted by Crippen LogP contribution is 2.17. The third-order valence-electron chi connectivity index (χ3n) is 3.50. The number of amides is 2. The second-order valence-electron chi connectivity index (χ2n) is 5.62. The molecule has 0 saturated heterocycles. The second kappa shape index (κ2) is 9.68. The van der Waals surface area contributed by atoms with Crippen molar-refractivity contribution in [2.75, 3.05) is 13.1 Å². The largest absolute Gasteiger partial charge is 0.351 e. The fourth-order valence-electron chi connectivity index (χ4n) is 2.31. The van der Waals surface area contributed by atoms with E-state index < -0.39 is 0 Å². The molecule has 5 nitrogen and oxygen atoms in total. The van der Waals surface area contributed by atoms with Gasteiger partial charge in [0.2, 0.25) is 0 Å². The summed E-state index contributed by atoms with van der Waals surface area (Å²) < 4.78 is 0.874. The summed E-state index contributed by atoms with van der Waals surface area (Å²) in [7, 11) is 0. The van der Waals surface area contributed by atoms with Crippen LogP contribution in [0.2, 0.25) is 0 Å². The monoisotopic (exact) mass is 423 g/mol. The lowest BCUT2D eigenvalue weighted by atomic mass is 10.2. The molecule has 0 fully saturated rings. The summed E-state index contributed by atoms with van der Waals surface area (Å²) >= 11 is 4.81. The maximum absolute atomic E-state index is 12.8. The highest BCUT2D eigenvalue weighted by atomic mass is 79.9. The lowest BCUT2D eigenvalue weighted by molar-refractivity contribution is 0.0743. The molecule has 0 spiro atoms. The van der Waals surface area contributed by atoms with Crippen LogP contribution >= 0.6 is 27.3 Å². The molecule has 25 heavy (non-hydrogen) atoms. The molecule has 2 rings (SSSR count). The van der Waals surface area contributed by atoms with Gasteiger partial charge in [-0.25, -0.2) is 4.98 Å². The number of hydrogen-bond donors (Lipinski definition) is 1. The maximum Gasteiger partial charge on any atom is 0.270 e. The lowest BCUT2D eigenvalue weighted by Crippen LogP contribution is -2.31. The van der Waals surface area contributed by atoms with E-state index in [4.69, 9.17) is 0 Å². The van der Waals surface area contributed by atoms with Crippen LogP contribution in [0.4, 0.5) is 0 Å². The summed E-state index contributed by atoms with van der Waals surface area (Å²) in [5, 5.41) is 5.32. The molecule has 0 unspecified atom stereocenters. The average Bonchev–Trinajstić information content (AvgIpc) is 3.07. The van der Waals surface area contributed by atoms with Crippen LogP contribution in [0.5, 0.6) is 0 Å². The molecule has 0 saturated carbocycles. The van der Waals surface area contributed by atoms with Gasteiger partial charge in [0.25, 0.3) is 11.8 Å². The van der Waals surface area contributed by atoms with E-state index >= 15 is 0 Å². The normalized spacial score (nSPS) is 10.5. The number of halogens is 1. The zero-order valence-corrected chi connectivity index (χ0v) is 16.8. The molecule has 0 aliphatic carbocycles. The summed E-state index contributed by atoms with van der Waals surface area (Å²) in [6.45, 7) is 5.72. The predicted octanol–water partition coefficient (Wildman–Crippen LogP) is 4.10. The smallest absolute Gasteiger partial charge is 0.270 e. The van der Waals surface area contributed by atoms with Gasteiger partial charge in [-0.1, -0.05) is 35.8 Å². The predicted molar refractivity (Wildman–Crippen MR) is 104 cm³/mol. The Bertz CT molecular complexity index is 733. The van der Waals surface area contributed by atoms with Crippen molar-refractivity contribution in [3.63, 3.8) is 0 Å². The van der Waals surface area contributed by atoms with Crippen LogP contribution in [0.1, 0.15) is 52.5 Å². The van der Waals surface area contributed by atoms with Gasteiger partial charge in [0.1, 0.15) is 10.7 Å². The summed E-state index contributed by atoms with van der Waals surface area (Å²) in [6.07, 6.45) is 1.74. The summed E-state index contributed by atoms with van der Waals surface area (Å²) in [4.78, 5) is 30.9. The van der Waals surface area contributed by atoms with E-state index in [1.165, 1.54) is 11.3 Å². The molecular formula is C18H22BrN3O2S. The van der Waals surface area contributed by atoms with Crippen LogP contribution in [-0.2, 0) is 6.54 Å². The molecule has 0 bridgehead atoms. The molecule has 1 aromatic heterocycles. The number of hydrogen-bond acceptors (Lipinski definition) is 4. The SMILES string of the molecule is CCCNC(=O)c1csc(CN(CCC)C(=O)c2cccc(Br)c2)n1. The van der Waals surface area contributed by atoms with Gasteiger partial charge in [0, 0.05) is 28.5 Å². The summed E-state index contributed by atoms with van der Waals surface area (Å²) in [5.74, 6) is -0.194. The number of benzene rings is 1. The molecular weight excluding hydrogens is 402 g/mol. The molecule has 1 heterocycles. The van der Waals surface area contributed by atoms with Gasteiger partial charge in [0.15, 0.2) is 0 Å². The number of aromatic nitrogens is 1. The molecule has 1 aromatic carbocycles. The number of nitrogens with zero attached hydrogens (tertiary/aromatic N) is 2. The third-order valence-corrected chi connectivity index (χ3v) is 4.83. The standard InChI is InChI=1S/C18H22BrN3O2S/c1-3-8-20-17(23)15-12-25-16(21-15)11-22(9-4-2)18(24)13-6-5-7-14(19)10-13/h5-7,10,12H,3-4,8-9,11H2,1-2H3,(H,20,23). The molecule has 7 heteroatoms. The van der Waals surface area contributed by atoms with Crippen molar-refractivity contribution >= 4 is 39.1 Å². The Hall–Kier alpha value is -1.73. The van der Waals surface area contributed by atoms with Gasteiger partial charge in [0.05, 0.1) is 6.54 Å². The second-order valence-corrected chi connectivity index (χ2v) is 7.48. The van der Waals surface area contributed by atoms with E-state index in [-0.39, 0.29) is 11.8 Å². The van der Waals surface area contributed by atoms with E-state index in [0.717, 1.165) is 22.3 Å². The number of carbonyl (C=O) groups excluding carboxylic acids is 2. The van der Waals surface area contributed by atoms with Gasteiger partial charge in [-0.15, -0.1) is 11.3 Å². The van der Waals surface area contributed by atoms with Crippen molar-refractivity contribution < 1.29 is 9.59 Å². The minimum atomic E-state index is -0.162.